The zero-order valence-corrected chi connectivity index (χ0v) is 21.7. The van der Waals surface area contributed by atoms with Crippen LogP contribution in [0, 0.1) is 17.0 Å². The van der Waals surface area contributed by atoms with Gasteiger partial charge in [-0.25, -0.2) is 13.8 Å². The number of hydrogen-bond acceptors (Lipinski definition) is 4. The van der Waals surface area contributed by atoms with Crippen molar-refractivity contribution in [3.8, 4) is 11.3 Å². The highest BCUT2D eigenvalue weighted by Crippen LogP contribution is 2.39. The summed E-state index contributed by atoms with van der Waals surface area (Å²) < 4.78 is 35.2. The Hall–Kier alpha value is -3.10. The molecule has 3 rings (SSSR count). The largest absolute Gasteiger partial charge is 0.375 e. The van der Waals surface area contributed by atoms with E-state index in [1.54, 1.807) is 18.2 Å². The Morgan fingerprint density at radius 2 is 1.83 bits per heavy atom. The molecule has 1 atom stereocenters. The van der Waals surface area contributed by atoms with E-state index in [4.69, 9.17) is 9.72 Å². The number of halogens is 2. The number of carbonyl (C=O) groups is 1. The molecule has 0 spiro atoms. The van der Waals surface area contributed by atoms with Crippen molar-refractivity contribution in [2.24, 2.45) is 5.41 Å². The summed E-state index contributed by atoms with van der Waals surface area (Å²) in [7, 11) is 3.38. The molecule has 6 nitrogen and oxygen atoms in total. The predicted molar refractivity (Wildman–Crippen MR) is 137 cm³/mol. The van der Waals surface area contributed by atoms with Gasteiger partial charge in [0.2, 0.25) is 5.91 Å². The first-order valence-electron chi connectivity index (χ1n) is 12.1. The SMILES string of the molecule is CNCCCN(C(=O)COC)C(c1nc(-c2cccc(F)c2)cn1Cc1cccc(F)c1)C(C)(C)C. The lowest BCUT2D eigenvalue weighted by Gasteiger charge is -2.40. The minimum Gasteiger partial charge on any atom is -0.375 e. The Morgan fingerprint density at radius 3 is 2.44 bits per heavy atom. The van der Waals surface area contributed by atoms with Gasteiger partial charge >= 0.3 is 0 Å². The second kappa shape index (κ2) is 12.2. The van der Waals surface area contributed by atoms with Gasteiger partial charge in [-0.3, -0.25) is 4.79 Å². The van der Waals surface area contributed by atoms with Crippen LogP contribution < -0.4 is 5.32 Å². The minimum absolute atomic E-state index is 0.0481. The van der Waals surface area contributed by atoms with Crippen molar-refractivity contribution >= 4 is 5.91 Å². The van der Waals surface area contributed by atoms with E-state index in [1.807, 2.05) is 28.8 Å². The van der Waals surface area contributed by atoms with E-state index >= 15 is 0 Å². The third kappa shape index (κ3) is 6.98. The van der Waals surface area contributed by atoms with E-state index in [2.05, 4.69) is 26.1 Å². The van der Waals surface area contributed by atoms with Crippen LogP contribution in [0.25, 0.3) is 11.3 Å². The quantitative estimate of drug-likeness (QED) is 0.376. The van der Waals surface area contributed by atoms with Crippen LogP contribution in [0.4, 0.5) is 8.78 Å². The molecule has 0 aliphatic rings. The number of ether oxygens (including phenoxy) is 1. The number of imidazole rings is 1. The molecule has 0 aliphatic heterocycles. The highest BCUT2D eigenvalue weighted by atomic mass is 19.1. The second-order valence-corrected chi connectivity index (χ2v) is 10.00. The van der Waals surface area contributed by atoms with Gasteiger partial charge in [-0.1, -0.05) is 45.0 Å². The number of nitrogens with one attached hydrogen (secondary N) is 1. The molecule has 0 fully saturated rings. The molecular formula is C28H36F2N4O2. The van der Waals surface area contributed by atoms with Gasteiger partial charge in [-0.2, -0.15) is 0 Å². The highest BCUT2D eigenvalue weighted by molar-refractivity contribution is 5.78. The lowest BCUT2D eigenvalue weighted by molar-refractivity contribution is -0.140. The van der Waals surface area contributed by atoms with E-state index in [9.17, 15) is 13.6 Å². The summed E-state index contributed by atoms with van der Waals surface area (Å²) >= 11 is 0. The second-order valence-electron chi connectivity index (χ2n) is 10.00. The maximum absolute atomic E-state index is 14.0. The summed E-state index contributed by atoms with van der Waals surface area (Å²) in [4.78, 5) is 20.0. The molecule has 194 valence electrons. The number of aromatic nitrogens is 2. The number of methoxy groups -OCH3 is 1. The number of benzene rings is 2. The Balaban J connectivity index is 2.16. The molecule has 8 heteroatoms. The fourth-order valence-corrected chi connectivity index (χ4v) is 4.42. The van der Waals surface area contributed by atoms with Crippen LogP contribution in [0.3, 0.4) is 0 Å². The van der Waals surface area contributed by atoms with Crippen LogP contribution in [-0.2, 0) is 16.1 Å². The molecule has 0 radical (unpaired) electrons. The lowest BCUT2D eigenvalue weighted by atomic mass is 9.84. The zero-order valence-electron chi connectivity index (χ0n) is 21.7. The molecule has 1 amide bonds. The van der Waals surface area contributed by atoms with Crippen LogP contribution >= 0.6 is 0 Å². The normalized spacial score (nSPS) is 12.5. The van der Waals surface area contributed by atoms with Crippen molar-refractivity contribution in [2.45, 2.75) is 39.8 Å². The standard InChI is InChI=1S/C28H36F2N4O2/c1-28(2,3)26(34(14-8-13-31-4)25(35)19-36-5)27-32-24(21-10-7-12-23(30)16-21)18-33(27)17-20-9-6-11-22(29)15-20/h6-7,9-12,15-16,18,26,31H,8,13-14,17,19H2,1-5H3. The van der Waals surface area contributed by atoms with E-state index in [0.29, 0.717) is 30.2 Å². The third-order valence-corrected chi connectivity index (χ3v) is 5.96. The van der Waals surface area contributed by atoms with Crippen molar-refractivity contribution in [3.05, 3.63) is 77.8 Å². The summed E-state index contributed by atoms with van der Waals surface area (Å²) in [6.45, 7) is 7.74. The van der Waals surface area contributed by atoms with E-state index in [-0.39, 0.29) is 24.1 Å². The minimum atomic E-state index is -0.409. The molecule has 0 aliphatic carbocycles. The number of rotatable bonds is 11. The van der Waals surface area contributed by atoms with Gasteiger partial charge < -0.3 is 19.5 Å². The summed E-state index contributed by atoms with van der Waals surface area (Å²) in [5, 5.41) is 3.13. The lowest BCUT2D eigenvalue weighted by Crippen LogP contribution is -2.45. The van der Waals surface area contributed by atoms with Gasteiger partial charge in [0.15, 0.2) is 0 Å². The van der Waals surface area contributed by atoms with E-state index < -0.39 is 11.5 Å². The summed E-state index contributed by atoms with van der Waals surface area (Å²) in [5.41, 5.74) is 1.58. The third-order valence-electron chi connectivity index (χ3n) is 5.96. The Kier molecular flexibility index (Phi) is 9.34. The van der Waals surface area contributed by atoms with E-state index in [0.717, 1.165) is 18.5 Å². The monoisotopic (exact) mass is 498 g/mol. The smallest absolute Gasteiger partial charge is 0.249 e. The Labute approximate surface area is 212 Å². The first-order valence-corrected chi connectivity index (χ1v) is 12.1. The van der Waals surface area contributed by atoms with Gasteiger partial charge in [0, 0.05) is 32.0 Å². The molecule has 0 saturated carbocycles. The van der Waals surface area contributed by atoms with Gasteiger partial charge in [-0.05, 0) is 55.3 Å². The first kappa shape index (κ1) is 27.5. The molecular weight excluding hydrogens is 462 g/mol. The number of nitrogens with zero attached hydrogens (tertiary/aromatic N) is 3. The molecule has 1 heterocycles. The number of amides is 1. The van der Waals surface area contributed by atoms with Crippen molar-refractivity contribution < 1.29 is 18.3 Å². The first-order chi connectivity index (χ1) is 17.1. The topological polar surface area (TPSA) is 59.4 Å². The van der Waals surface area contributed by atoms with Crippen molar-refractivity contribution in [3.63, 3.8) is 0 Å². The summed E-state index contributed by atoms with van der Waals surface area (Å²) in [6.07, 6.45) is 2.60. The highest BCUT2D eigenvalue weighted by Gasteiger charge is 2.38. The van der Waals surface area contributed by atoms with Crippen LogP contribution in [0.2, 0.25) is 0 Å². The molecule has 0 bridgehead atoms. The maximum Gasteiger partial charge on any atom is 0.249 e. The number of carbonyl (C=O) groups excluding carboxylic acids is 1. The van der Waals surface area contributed by atoms with E-state index in [1.165, 1.54) is 31.4 Å². The summed E-state index contributed by atoms with van der Waals surface area (Å²) in [5.74, 6) is -0.165. The average Bonchev–Trinajstić information content (AvgIpc) is 3.20. The molecule has 3 aromatic rings. The van der Waals surface area contributed by atoms with Crippen LogP contribution in [0.1, 0.15) is 44.6 Å². The fourth-order valence-electron chi connectivity index (χ4n) is 4.42. The van der Waals surface area contributed by atoms with Crippen LogP contribution in [0.15, 0.2) is 54.7 Å². The molecule has 1 aromatic heterocycles. The zero-order chi connectivity index (χ0) is 26.3. The molecule has 1 N–H and O–H groups in total. The van der Waals surface area contributed by atoms with Gasteiger partial charge in [0.25, 0.3) is 0 Å². The Morgan fingerprint density at radius 1 is 1.14 bits per heavy atom. The fraction of sp³-hybridized carbons (Fsp3) is 0.429. The molecule has 0 saturated heterocycles. The van der Waals surface area contributed by atoms with Crippen LogP contribution in [-0.4, -0.2) is 54.2 Å². The Bertz CT molecular complexity index is 1160. The predicted octanol–water partition coefficient (Wildman–Crippen LogP) is 5.05. The molecule has 36 heavy (non-hydrogen) atoms. The van der Waals surface area contributed by atoms with Crippen molar-refractivity contribution in [2.75, 3.05) is 33.9 Å². The number of hydrogen-bond donors (Lipinski definition) is 1. The van der Waals surface area contributed by atoms with Gasteiger partial charge in [0.1, 0.15) is 24.1 Å². The van der Waals surface area contributed by atoms with Gasteiger partial charge in [0.05, 0.1) is 11.7 Å². The molecule has 1 unspecified atom stereocenters. The van der Waals surface area contributed by atoms with Crippen LogP contribution in [0.5, 0.6) is 0 Å². The average molecular weight is 499 g/mol. The van der Waals surface area contributed by atoms with Crippen molar-refractivity contribution in [1.82, 2.24) is 19.8 Å². The van der Waals surface area contributed by atoms with Crippen molar-refractivity contribution in [1.29, 1.82) is 0 Å². The summed E-state index contributed by atoms with van der Waals surface area (Å²) in [6, 6.07) is 12.3. The molecule has 2 aromatic carbocycles. The maximum atomic E-state index is 14.0. The van der Waals surface area contributed by atoms with Gasteiger partial charge in [-0.15, -0.1) is 0 Å².